The minimum absolute atomic E-state index is 0.210. The van der Waals surface area contributed by atoms with Crippen LogP contribution in [0.15, 0.2) is 47.7 Å². The molecule has 86 valence electrons. The van der Waals surface area contributed by atoms with Gasteiger partial charge in [0, 0.05) is 11.8 Å². The Bertz CT molecular complexity index is 523. The number of hydrazone groups is 1. The van der Waals surface area contributed by atoms with Crippen molar-refractivity contribution in [2.24, 2.45) is 5.10 Å². The maximum absolute atomic E-state index is 9.60. The third kappa shape index (κ3) is 3.04. The lowest BCUT2D eigenvalue weighted by molar-refractivity contribution is 0.474. The van der Waals surface area contributed by atoms with Gasteiger partial charge in [0.05, 0.1) is 6.21 Å². The normalized spacial score (nSPS) is 10.6. The smallest absolute Gasteiger partial charge is 0.146 e. The van der Waals surface area contributed by atoms with Gasteiger partial charge < -0.3 is 5.11 Å². The van der Waals surface area contributed by atoms with E-state index < -0.39 is 0 Å². The van der Waals surface area contributed by atoms with Gasteiger partial charge in [0.25, 0.3) is 0 Å². The molecule has 4 heteroatoms. The Morgan fingerprint density at radius 2 is 2.18 bits per heavy atom. The van der Waals surface area contributed by atoms with Crippen molar-refractivity contribution in [3.63, 3.8) is 0 Å². The second-order valence-electron chi connectivity index (χ2n) is 3.65. The molecular weight excluding hydrogens is 214 g/mol. The summed E-state index contributed by atoms with van der Waals surface area (Å²) >= 11 is 0. The standard InChI is InChI=1S/C13H13N3O/c1-10-5-6-12(17)11(8-10)9-15-16-13-4-2-3-7-14-13/h2-9,17H,1H3,(H,14,16)/b15-9-. The Balaban J connectivity index is 2.08. The van der Waals surface area contributed by atoms with Crippen molar-refractivity contribution < 1.29 is 5.11 Å². The molecule has 4 nitrogen and oxygen atoms in total. The summed E-state index contributed by atoms with van der Waals surface area (Å²) in [6, 6.07) is 10.9. The fourth-order valence-electron chi connectivity index (χ4n) is 1.37. The van der Waals surface area contributed by atoms with Gasteiger partial charge in [0.2, 0.25) is 0 Å². The van der Waals surface area contributed by atoms with Crippen LogP contribution in [0.2, 0.25) is 0 Å². The average molecular weight is 227 g/mol. The molecule has 17 heavy (non-hydrogen) atoms. The van der Waals surface area contributed by atoms with Crippen molar-refractivity contribution in [1.82, 2.24) is 4.98 Å². The van der Waals surface area contributed by atoms with E-state index >= 15 is 0 Å². The topological polar surface area (TPSA) is 57.5 Å². The zero-order valence-corrected chi connectivity index (χ0v) is 9.46. The third-order valence-corrected chi connectivity index (χ3v) is 2.23. The van der Waals surface area contributed by atoms with Gasteiger partial charge >= 0.3 is 0 Å². The molecule has 0 radical (unpaired) electrons. The maximum Gasteiger partial charge on any atom is 0.146 e. The number of aromatic nitrogens is 1. The first-order chi connectivity index (χ1) is 8.25. The first kappa shape index (κ1) is 11.1. The van der Waals surface area contributed by atoms with Gasteiger partial charge in [-0.2, -0.15) is 5.10 Å². The second kappa shape index (κ2) is 5.12. The highest BCUT2D eigenvalue weighted by Gasteiger charge is 1.97. The van der Waals surface area contributed by atoms with E-state index in [2.05, 4.69) is 15.5 Å². The van der Waals surface area contributed by atoms with Gasteiger partial charge in [-0.1, -0.05) is 17.7 Å². The molecule has 1 heterocycles. The summed E-state index contributed by atoms with van der Waals surface area (Å²) in [6.07, 6.45) is 3.25. The lowest BCUT2D eigenvalue weighted by Crippen LogP contribution is -1.93. The molecule has 0 atom stereocenters. The molecule has 0 aliphatic heterocycles. The number of nitrogens with one attached hydrogen (secondary N) is 1. The molecule has 2 N–H and O–H groups in total. The van der Waals surface area contributed by atoms with Crippen LogP contribution >= 0.6 is 0 Å². The van der Waals surface area contributed by atoms with Gasteiger partial charge in [0.15, 0.2) is 0 Å². The van der Waals surface area contributed by atoms with Crippen LogP contribution in [-0.4, -0.2) is 16.3 Å². The van der Waals surface area contributed by atoms with E-state index in [1.54, 1.807) is 18.5 Å². The predicted molar refractivity (Wildman–Crippen MR) is 68.3 cm³/mol. The number of nitrogens with zero attached hydrogens (tertiary/aromatic N) is 2. The summed E-state index contributed by atoms with van der Waals surface area (Å²) in [4.78, 5) is 4.06. The highest BCUT2D eigenvalue weighted by atomic mass is 16.3. The van der Waals surface area contributed by atoms with Crippen molar-refractivity contribution in [1.29, 1.82) is 0 Å². The maximum atomic E-state index is 9.60. The van der Waals surface area contributed by atoms with Gasteiger partial charge in [-0.05, 0) is 31.2 Å². The van der Waals surface area contributed by atoms with Gasteiger partial charge in [-0.3, -0.25) is 5.43 Å². The minimum Gasteiger partial charge on any atom is -0.507 e. The molecule has 0 fully saturated rings. The van der Waals surface area contributed by atoms with E-state index in [1.165, 1.54) is 0 Å². The largest absolute Gasteiger partial charge is 0.507 e. The van der Waals surface area contributed by atoms with Crippen LogP contribution in [0.1, 0.15) is 11.1 Å². The molecule has 0 unspecified atom stereocenters. The number of anilines is 1. The highest BCUT2D eigenvalue weighted by Crippen LogP contribution is 2.15. The molecule has 0 spiro atoms. The molecular formula is C13H13N3O. The quantitative estimate of drug-likeness (QED) is 0.625. The lowest BCUT2D eigenvalue weighted by Gasteiger charge is -2.00. The van der Waals surface area contributed by atoms with E-state index in [1.807, 2.05) is 37.3 Å². The van der Waals surface area contributed by atoms with Crippen LogP contribution in [-0.2, 0) is 0 Å². The van der Waals surface area contributed by atoms with Crippen molar-refractivity contribution in [3.05, 3.63) is 53.7 Å². The minimum atomic E-state index is 0.210. The number of rotatable bonds is 3. The molecule has 0 bridgehead atoms. The summed E-state index contributed by atoms with van der Waals surface area (Å²) in [6.45, 7) is 1.96. The molecule has 0 saturated carbocycles. The Morgan fingerprint density at radius 3 is 2.94 bits per heavy atom. The molecule has 2 rings (SSSR count). The Kier molecular flexibility index (Phi) is 3.35. The Hall–Kier alpha value is -2.36. The van der Waals surface area contributed by atoms with E-state index in [-0.39, 0.29) is 5.75 Å². The van der Waals surface area contributed by atoms with Gasteiger partial charge in [0.1, 0.15) is 11.6 Å². The molecule has 0 aliphatic rings. The monoisotopic (exact) mass is 227 g/mol. The number of aromatic hydroxyl groups is 1. The number of aryl methyl sites for hydroxylation is 1. The number of benzene rings is 1. The molecule has 0 aliphatic carbocycles. The second-order valence-corrected chi connectivity index (χ2v) is 3.65. The third-order valence-electron chi connectivity index (χ3n) is 2.23. The summed E-state index contributed by atoms with van der Waals surface area (Å²) in [5.41, 5.74) is 4.53. The zero-order valence-electron chi connectivity index (χ0n) is 9.46. The summed E-state index contributed by atoms with van der Waals surface area (Å²) in [5.74, 6) is 0.873. The highest BCUT2D eigenvalue weighted by molar-refractivity contribution is 5.84. The number of hydrogen-bond acceptors (Lipinski definition) is 4. The van der Waals surface area contributed by atoms with Crippen LogP contribution in [0.25, 0.3) is 0 Å². The number of phenols is 1. The fraction of sp³-hybridized carbons (Fsp3) is 0.0769. The molecule has 1 aromatic heterocycles. The summed E-state index contributed by atoms with van der Waals surface area (Å²) in [5, 5.41) is 13.6. The van der Waals surface area contributed by atoms with E-state index in [4.69, 9.17) is 0 Å². The van der Waals surface area contributed by atoms with Crippen molar-refractivity contribution in [3.8, 4) is 5.75 Å². The zero-order chi connectivity index (χ0) is 12.1. The van der Waals surface area contributed by atoms with Crippen LogP contribution in [0.3, 0.4) is 0 Å². The average Bonchev–Trinajstić information content (AvgIpc) is 2.35. The van der Waals surface area contributed by atoms with Crippen LogP contribution in [0.4, 0.5) is 5.82 Å². The fourth-order valence-corrected chi connectivity index (χ4v) is 1.37. The van der Waals surface area contributed by atoms with E-state index in [0.29, 0.717) is 11.4 Å². The number of pyridine rings is 1. The molecule has 1 aromatic carbocycles. The number of phenolic OH excluding ortho intramolecular Hbond substituents is 1. The van der Waals surface area contributed by atoms with Crippen LogP contribution < -0.4 is 5.43 Å². The van der Waals surface area contributed by atoms with Crippen molar-refractivity contribution in [2.75, 3.05) is 5.43 Å². The SMILES string of the molecule is Cc1ccc(O)c(/C=N\Nc2ccccn2)c1. The van der Waals surface area contributed by atoms with Crippen molar-refractivity contribution in [2.45, 2.75) is 6.92 Å². The van der Waals surface area contributed by atoms with Gasteiger partial charge in [-0.25, -0.2) is 4.98 Å². The van der Waals surface area contributed by atoms with Crippen LogP contribution in [0.5, 0.6) is 5.75 Å². The van der Waals surface area contributed by atoms with Crippen LogP contribution in [0, 0.1) is 6.92 Å². The molecule has 0 amide bonds. The van der Waals surface area contributed by atoms with E-state index in [0.717, 1.165) is 5.56 Å². The van der Waals surface area contributed by atoms with E-state index in [9.17, 15) is 5.11 Å². The molecule has 0 saturated heterocycles. The first-order valence-electron chi connectivity index (χ1n) is 5.25. The summed E-state index contributed by atoms with van der Waals surface area (Å²) < 4.78 is 0. The summed E-state index contributed by atoms with van der Waals surface area (Å²) in [7, 11) is 0. The number of hydrogen-bond donors (Lipinski definition) is 2. The molecule has 2 aromatic rings. The van der Waals surface area contributed by atoms with Crippen molar-refractivity contribution >= 4 is 12.0 Å². The Morgan fingerprint density at radius 1 is 1.29 bits per heavy atom. The van der Waals surface area contributed by atoms with Gasteiger partial charge in [-0.15, -0.1) is 0 Å². The lowest BCUT2D eigenvalue weighted by atomic mass is 10.1. The Labute approximate surface area is 99.6 Å². The predicted octanol–water partition coefficient (Wildman–Crippen LogP) is 2.54. The first-order valence-corrected chi connectivity index (χ1v) is 5.25.